The molecule has 7 heteroatoms. The molecule has 2 aromatic rings. The van der Waals surface area contributed by atoms with Crippen LogP contribution >= 0.6 is 0 Å². The highest BCUT2D eigenvalue weighted by molar-refractivity contribution is 5.92. The van der Waals surface area contributed by atoms with Crippen LogP contribution in [-0.4, -0.2) is 66.5 Å². The molecule has 0 N–H and O–H groups in total. The summed E-state index contributed by atoms with van der Waals surface area (Å²) in [5.74, 6) is 1.40. The maximum absolute atomic E-state index is 12.6. The van der Waals surface area contributed by atoms with Gasteiger partial charge in [0.25, 0.3) is 5.91 Å². The largest absolute Gasteiger partial charge is 0.493 e. The zero-order chi connectivity index (χ0) is 20.6. The first-order valence-electron chi connectivity index (χ1n) is 9.90. The van der Waals surface area contributed by atoms with Gasteiger partial charge in [0.05, 0.1) is 13.7 Å². The van der Waals surface area contributed by atoms with Crippen LogP contribution in [0.4, 0.5) is 0 Å². The third kappa shape index (κ3) is 5.25. The van der Waals surface area contributed by atoms with E-state index in [1.807, 2.05) is 30.0 Å². The Morgan fingerprint density at radius 3 is 2.45 bits per heavy atom. The van der Waals surface area contributed by atoms with Gasteiger partial charge in [0.2, 0.25) is 5.91 Å². The van der Waals surface area contributed by atoms with Crippen molar-refractivity contribution in [1.29, 1.82) is 0 Å². The van der Waals surface area contributed by atoms with Crippen LogP contribution in [0.15, 0.2) is 42.6 Å². The minimum Gasteiger partial charge on any atom is -0.493 e. The Labute approximate surface area is 171 Å². The van der Waals surface area contributed by atoms with Crippen molar-refractivity contribution >= 4 is 11.8 Å². The van der Waals surface area contributed by atoms with E-state index >= 15 is 0 Å². The van der Waals surface area contributed by atoms with Crippen molar-refractivity contribution in [3.63, 3.8) is 0 Å². The average molecular weight is 397 g/mol. The van der Waals surface area contributed by atoms with Crippen LogP contribution in [0, 0.1) is 0 Å². The Morgan fingerprint density at radius 2 is 1.79 bits per heavy atom. The molecule has 1 aliphatic heterocycles. The fourth-order valence-electron chi connectivity index (χ4n) is 3.36. The number of benzene rings is 1. The third-order valence-electron chi connectivity index (χ3n) is 4.96. The van der Waals surface area contributed by atoms with Gasteiger partial charge in [0.1, 0.15) is 5.69 Å². The van der Waals surface area contributed by atoms with Crippen LogP contribution in [0.1, 0.15) is 29.4 Å². The van der Waals surface area contributed by atoms with E-state index in [1.54, 1.807) is 36.4 Å². The molecule has 3 rings (SSSR count). The normalized spacial score (nSPS) is 13.9. The monoisotopic (exact) mass is 397 g/mol. The number of piperazine rings is 1. The summed E-state index contributed by atoms with van der Waals surface area (Å²) >= 11 is 0. The van der Waals surface area contributed by atoms with E-state index in [4.69, 9.17) is 9.47 Å². The molecule has 0 bridgehead atoms. The lowest BCUT2D eigenvalue weighted by atomic mass is 10.1. The fraction of sp³-hybridized carbons (Fsp3) is 0.409. The molecule has 0 radical (unpaired) electrons. The predicted molar refractivity (Wildman–Crippen MR) is 109 cm³/mol. The Kier molecular flexibility index (Phi) is 7.05. The maximum atomic E-state index is 12.6. The van der Waals surface area contributed by atoms with Gasteiger partial charge in [-0.3, -0.25) is 14.6 Å². The summed E-state index contributed by atoms with van der Waals surface area (Å²) in [7, 11) is 1.61. The van der Waals surface area contributed by atoms with Crippen molar-refractivity contribution < 1.29 is 19.1 Å². The van der Waals surface area contributed by atoms with Gasteiger partial charge in [0.15, 0.2) is 11.5 Å². The molecule has 1 fully saturated rings. The number of hydrogen-bond donors (Lipinski definition) is 0. The SMILES string of the molecule is CCOc1ccc(CCC(=O)N2CCN(C(=O)c3ccccn3)CC2)cc1OC. The summed E-state index contributed by atoms with van der Waals surface area (Å²) in [6.45, 7) is 4.64. The van der Waals surface area contributed by atoms with Gasteiger partial charge >= 0.3 is 0 Å². The highest BCUT2D eigenvalue weighted by Crippen LogP contribution is 2.28. The molecule has 2 heterocycles. The van der Waals surface area contributed by atoms with Gasteiger partial charge in [-0.1, -0.05) is 12.1 Å². The predicted octanol–water partition coefficient (Wildman–Crippen LogP) is 2.41. The molecule has 0 aliphatic carbocycles. The van der Waals surface area contributed by atoms with Crippen LogP contribution in [0.3, 0.4) is 0 Å². The van der Waals surface area contributed by atoms with Crippen molar-refractivity contribution in [2.75, 3.05) is 39.9 Å². The minimum absolute atomic E-state index is 0.0841. The van der Waals surface area contributed by atoms with Crippen molar-refractivity contribution in [3.8, 4) is 11.5 Å². The number of amides is 2. The molecule has 154 valence electrons. The highest BCUT2D eigenvalue weighted by atomic mass is 16.5. The van der Waals surface area contributed by atoms with Crippen LogP contribution in [0.5, 0.6) is 11.5 Å². The number of rotatable bonds is 7. The minimum atomic E-state index is -0.0841. The summed E-state index contributed by atoms with van der Waals surface area (Å²) in [6, 6.07) is 11.1. The van der Waals surface area contributed by atoms with Gasteiger partial charge in [-0.05, 0) is 43.2 Å². The number of pyridine rings is 1. The van der Waals surface area contributed by atoms with Crippen molar-refractivity contribution in [1.82, 2.24) is 14.8 Å². The van der Waals surface area contributed by atoms with Gasteiger partial charge in [0, 0.05) is 38.8 Å². The summed E-state index contributed by atoms with van der Waals surface area (Å²) in [5.41, 5.74) is 1.47. The molecule has 0 saturated carbocycles. The summed E-state index contributed by atoms with van der Waals surface area (Å²) in [6.07, 6.45) is 2.67. The second kappa shape index (κ2) is 9.91. The Bertz CT molecular complexity index is 833. The van der Waals surface area contributed by atoms with Crippen LogP contribution in [0.2, 0.25) is 0 Å². The third-order valence-corrected chi connectivity index (χ3v) is 4.96. The molecule has 1 aliphatic rings. The number of nitrogens with zero attached hydrogens (tertiary/aromatic N) is 3. The average Bonchev–Trinajstić information content (AvgIpc) is 2.78. The van der Waals surface area contributed by atoms with Gasteiger partial charge < -0.3 is 19.3 Å². The topological polar surface area (TPSA) is 72.0 Å². The molecule has 1 aromatic heterocycles. The number of aryl methyl sites for hydroxylation is 1. The van der Waals surface area contributed by atoms with E-state index in [0.717, 1.165) is 5.56 Å². The number of aromatic nitrogens is 1. The number of ether oxygens (including phenoxy) is 2. The van der Waals surface area contributed by atoms with E-state index in [9.17, 15) is 9.59 Å². The van der Waals surface area contributed by atoms with Crippen molar-refractivity contribution in [3.05, 3.63) is 53.9 Å². The standard InChI is InChI=1S/C22H27N3O4/c1-3-29-19-9-7-17(16-20(19)28-2)8-10-21(26)24-12-14-25(15-13-24)22(27)18-6-4-5-11-23-18/h4-7,9,11,16H,3,8,10,12-15H2,1-2H3. The molecule has 7 nitrogen and oxygen atoms in total. The number of carbonyl (C=O) groups is 2. The lowest BCUT2D eigenvalue weighted by Crippen LogP contribution is -2.50. The molecular formula is C22H27N3O4. The Hall–Kier alpha value is -3.09. The molecule has 2 amide bonds. The fourth-order valence-corrected chi connectivity index (χ4v) is 3.36. The quantitative estimate of drug-likeness (QED) is 0.717. The van der Waals surface area contributed by atoms with Crippen LogP contribution in [0.25, 0.3) is 0 Å². The number of hydrogen-bond acceptors (Lipinski definition) is 5. The van der Waals surface area contributed by atoms with E-state index in [2.05, 4.69) is 4.98 Å². The van der Waals surface area contributed by atoms with E-state index in [0.29, 0.717) is 62.8 Å². The van der Waals surface area contributed by atoms with Crippen LogP contribution in [-0.2, 0) is 11.2 Å². The molecule has 1 aromatic carbocycles. The first-order valence-corrected chi connectivity index (χ1v) is 9.90. The molecule has 0 atom stereocenters. The molecule has 1 saturated heterocycles. The second-order valence-electron chi connectivity index (χ2n) is 6.81. The smallest absolute Gasteiger partial charge is 0.272 e. The van der Waals surface area contributed by atoms with E-state index in [1.165, 1.54) is 0 Å². The summed E-state index contributed by atoms with van der Waals surface area (Å²) in [5, 5.41) is 0. The second-order valence-corrected chi connectivity index (χ2v) is 6.81. The first-order chi connectivity index (χ1) is 14.1. The Morgan fingerprint density at radius 1 is 1.03 bits per heavy atom. The first kappa shape index (κ1) is 20.6. The van der Waals surface area contributed by atoms with E-state index < -0.39 is 0 Å². The molecule has 0 unspecified atom stereocenters. The van der Waals surface area contributed by atoms with Crippen molar-refractivity contribution in [2.24, 2.45) is 0 Å². The van der Waals surface area contributed by atoms with Gasteiger partial charge in [-0.2, -0.15) is 0 Å². The number of methoxy groups -OCH3 is 1. The van der Waals surface area contributed by atoms with Crippen molar-refractivity contribution in [2.45, 2.75) is 19.8 Å². The molecule has 29 heavy (non-hydrogen) atoms. The van der Waals surface area contributed by atoms with Gasteiger partial charge in [-0.25, -0.2) is 0 Å². The lowest BCUT2D eigenvalue weighted by molar-refractivity contribution is -0.132. The molecular weight excluding hydrogens is 370 g/mol. The Balaban J connectivity index is 1.49. The van der Waals surface area contributed by atoms with Crippen LogP contribution < -0.4 is 9.47 Å². The number of carbonyl (C=O) groups excluding carboxylic acids is 2. The molecule has 0 spiro atoms. The highest BCUT2D eigenvalue weighted by Gasteiger charge is 2.25. The zero-order valence-electron chi connectivity index (χ0n) is 17.0. The zero-order valence-corrected chi connectivity index (χ0v) is 17.0. The summed E-state index contributed by atoms with van der Waals surface area (Å²) < 4.78 is 10.9. The summed E-state index contributed by atoms with van der Waals surface area (Å²) in [4.78, 5) is 32.7. The van der Waals surface area contributed by atoms with Gasteiger partial charge in [-0.15, -0.1) is 0 Å². The lowest BCUT2D eigenvalue weighted by Gasteiger charge is -2.34. The van der Waals surface area contributed by atoms with E-state index in [-0.39, 0.29) is 11.8 Å². The maximum Gasteiger partial charge on any atom is 0.272 e.